The molecule has 1 aromatic carbocycles. The third-order valence-electron chi connectivity index (χ3n) is 3.95. The molecule has 1 fully saturated rings. The number of amides is 1. The maximum Gasteiger partial charge on any atom is 0.276 e. The third-order valence-corrected chi connectivity index (χ3v) is 5.08. The summed E-state index contributed by atoms with van der Waals surface area (Å²) < 4.78 is 11.4. The number of benzene rings is 1. The van der Waals surface area contributed by atoms with E-state index in [1.165, 1.54) is 0 Å². The summed E-state index contributed by atoms with van der Waals surface area (Å²) in [5, 5.41) is 4.14. The molecule has 0 radical (unpaired) electrons. The Bertz CT molecular complexity index is 895. The fraction of sp³-hybridized carbons (Fsp3) is 0.263. The summed E-state index contributed by atoms with van der Waals surface area (Å²) in [6.07, 6.45) is 3.52. The van der Waals surface area contributed by atoms with Gasteiger partial charge in [-0.25, -0.2) is 0 Å². The lowest BCUT2D eigenvalue weighted by Crippen LogP contribution is -2.31. The van der Waals surface area contributed by atoms with Gasteiger partial charge in [0.25, 0.3) is 5.91 Å². The number of halogens is 2. The van der Waals surface area contributed by atoms with E-state index in [9.17, 15) is 4.79 Å². The molecule has 0 saturated carbocycles. The van der Waals surface area contributed by atoms with E-state index in [0.29, 0.717) is 44.7 Å². The van der Waals surface area contributed by atoms with Gasteiger partial charge in [-0.3, -0.25) is 9.69 Å². The van der Waals surface area contributed by atoms with E-state index in [1.807, 2.05) is 0 Å². The van der Waals surface area contributed by atoms with Crippen LogP contribution in [0.1, 0.15) is 31.3 Å². The minimum absolute atomic E-state index is 0.145. The van der Waals surface area contributed by atoms with Crippen LogP contribution in [-0.4, -0.2) is 22.5 Å². The van der Waals surface area contributed by atoms with Gasteiger partial charge in [-0.05, 0) is 42.9 Å². The Hall–Kier alpha value is -2.02. The molecule has 1 amide bonds. The van der Waals surface area contributed by atoms with Gasteiger partial charge in [-0.2, -0.15) is 0 Å². The highest BCUT2D eigenvalue weighted by Gasteiger charge is 2.30. The molecule has 8 heteroatoms. The van der Waals surface area contributed by atoms with Crippen molar-refractivity contribution in [3.63, 3.8) is 0 Å². The minimum Gasteiger partial charge on any atom is -0.484 e. The number of hydrogen-bond donors (Lipinski definition) is 1. The SMILES string of the molecule is CCCCN1C(=O)/C(=C\c2ccc(COc3cccc(Cl)c3Cl)o2)NC1=S. The second kappa shape index (κ2) is 8.78. The molecule has 0 spiro atoms. The van der Waals surface area contributed by atoms with Crippen molar-refractivity contribution in [1.82, 2.24) is 10.2 Å². The predicted octanol–water partition coefficient (Wildman–Crippen LogP) is 5.02. The lowest BCUT2D eigenvalue weighted by Gasteiger charge is -2.12. The van der Waals surface area contributed by atoms with E-state index < -0.39 is 0 Å². The molecule has 0 unspecified atom stereocenters. The van der Waals surface area contributed by atoms with Crippen LogP contribution >= 0.6 is 35.4 Å². The van der Waals surface area contributed by atoms with E-state index >= 15 is 0 Å². The van der Waals surface area contributed by atoms with Gasteiger partial charge in [0.2, 0.25) is 0 Å². The molecule has 142 valence electrons. The van der Waals surface area contributed by atoms with Crippen LogP contribution in [-0.2, 0) is 11.4 Å². The van der Waals surface area contributed by atoms with Crippen LogP contribution in [0.2, 0.25) is 10.0 Å². The quantitative estimate of drug-likeness (QED) is 0.499. The number of hydrogen-bond acceptors (Lipinski definition) is 4. The van der Waals surface area contributed by atoms with Crippen molar-refractivity contribution in [3.05, 3.63) is 57.6 Å². The first-order chi connectivity index (χ1) is 13.0. The number of thiocarbonyl (C=S) groups is 1. The number of carbonyl (C=O) groups is 1. The van der Waals surface area contributed by atoms with Crippen LogP contribution in [0.25, 0.3) is 6.08 Å². The molecule has 3 rings (SSSR count). The van der Waals surface area contributed by atoms with E-state index in [2.05, 4.69) is 12.2 Å². The molecule has 0 atom stereocenters. The van der Waals surface area contributed by atoms with Crippen molar-refractivity contribution in [3.8, 4) is 5.75 Å². The molecular formula is C19H18Cl2N2O3S. The molecule has 1 saturated heterocycles. The average molecular weight is 425 g/mol. The highest BCUT2D eigenvalue weighted by Crippen LogP contribution is 2.32. The minimum atomic E-state index is -0.145. The van der Waals surface area contributed by atoms with Crippen LogP contribution in [0.3, 0.4) is 0 Å². The Labute approximate surface area is 172 Å². The maximum absolute atomic E-state index is 12.4. The Kier molecular flexibility index (Phi) is 6.42. The number of carbonyl (C=O) groups excluding carboxylic acids is 1. The van der Waals surface area contributed by atoms with Crippen LogP contribution in [0.5, 0.6) is 5.75 Å². The van der Waals surface area contributed by atoms with E-state index in [1.54, 1.807) is 41.3 Å². The molecule has 1 N–H and O–H groups in total. The first kappa shape index (κ1) is 19.7. The zero-order chi connectivity index (χ0) is 19.4. The number of unbranched alkanes of at least 4 members (excludes halogenated alkanes) is 1. The second-order valence-electron chi connectivity index (χ2n) is 5.94. The van der Waals surface area contributed by atoms with Gasteiger partial charge >= 0.3 is 0 Å². The predicted molar refractivity (Wildman–Crippen MR) is 110 cm³/mol. The molecule has 0 bridgehead atoms. The molecular weight excluding hydrogens is 407 g/mol. The van der Waals surface area contributed by atoms with Crippen molar-refractivity contribution < 1.29 is 13.9 Å². The lowest BCUT2D eigenvalue weighted by molar-refractivity contribution is -0.122. The van der Waals surface area contributed by atoms with Crippen LogP contribution < -0.4 is 10.1 Å². The summed E-state index contributed by atoms with van der Waals surface area (Å²) in [5.74, 6) is 1.45. The molecule has 5 nitrogen and oxygen atoms in total. The van der Waals surface area contributed by atoms with E-state index in [0.717, 1.165) is 12.8 Å². The number of nitrogens with one attached hydrogen (secondary N) is 1. The van der Waals surface area contributed by atoms with Gasteiger partial charge in [0.05, 0.1) is 5.02 Å². The normalized spacial score (nSPS) is 15.5. The van der Waals surface area contributed by atoms with Gasteiger partial charge in [0.15, 0.2) is 5.11 Å². The standard InChI is InChI=1S/C19H18Cl2N2O3S/c1-2-3-9-23-18(24)15(22-19(23)27)10-12-7-8-13(26-12)11-25-16-6-4-5-14(20)17(16)21/h4-8,10H,2-3,9,11H2,1H3,(H,22,27)/b15-10+. The first-order valence-corrected chi connectivity index (χ1v) is 9.66. The van der Waals surface area contributed by atoms with E-state index in [-0.39, 0.29) is 12.5 Å². The van der Waals surface area contributed by atoms with Gasteiger partial charge < -0.3 is 14.5 Å². The zero-order valence-corrected chi connectivity index (χ0v) is 17.0. The molecule has 2 heterocycles. The lowest BCUT2D eigenvalue weighted by atomic mass is 10.3. The second-order valence-corrected chi connectivity index (χ2v) is 7.12. The van der Waals surface area contributed by atoms with Gasteiger partial charge in [0, 0.05) is 12.6 Å². The fourth-order valence-electron chi connectivity index (χ4n) is 2.53. The summed E-state index contributed by atoms with van der Waals surface area (Å²) in [4.78, 5) is 14.0. The number of nitrogens with zero attached hydrogens (tertiary/aromatic N) is 1. The van der Waals surface area contributed by atoms with Crippen molar-refractivity contribution in [2.75, 3.05) is 6.54 Å². The monoisotopic (exact) mass is 424 g/mol. The molecule has 1 aromatic heterocycles. The molecule has 0 aliphatic carbocycles. The average Bonchev–Trinajstić information content (AvgIpc) is 3.20. The summed E-state index contributed by atoms with van der Waals surface area (Å²) in [5.41, 5.74) is 0.399. The van der Waals surface area contributed by atoms with Gasteiger partial charge in [-0.15, -0.1) is 0 Å². The fourth-order valence-corrected chi connectivity index (χ4v) is 3.16. The number of furan rings is 1. The van der Waals surface area contributed by atoms with Crippen LogP contribution in [0, 0.1) is 0 Å². The Morgan fingerprint density at radius 2 is 2.11 bits per heavy atom. The largest absolute Gasteiger partial charge is 0.484 e. The van der Waals surface area contributed by atoms with Crippen LogP contribution in [0.4, 0.5) is 0 Å². The zero-order valence-electron chi connectivity index (χ0n) is 14.6. The maximum atomic E-state index is 12.4. The molecule has 1 aliphatic rings. The molecule has 2 aromatic rings. The summed E-state index contributed by atoms with van der Waals surface area (Å²) in [7, 11) is 0. The summed E-state index contributed by atoms with van der Waals surface area (Å²) in [6, 6.07) is 8.71. The van der Waals surface area contributed by atoms with Gasteiger partial charge in [0.1, 0.15) is 34.6 Å². The smallest absolute Gasteiger partial charge is 0.276 e. The van der Waals surface area contributed by atoms with Crippen molar-refractivity contribution in [1.29, 1.82) is 0 Å². The highest BCUT2D eigenvalue weighted by molar-refractivity contribution is 7.80. The van der Waals surface area contributed by atoms with Crippen molar-refractivity contribution in [2.45, 2.75) is 26.4 Å². The highest BCUT2D eigenvalue weighted by atomic mass is 35.5. The Morgan fingerprint density at radius 3 is 2.89 bits per heavy atom. The number of rotatable bonds is 7. The number of ether oxygens (including phenoxy) is 1. The van der Waals surface area contributed by atoms with Crippen molar-refractivity contribution in [2.24, 2.45) is 0 Å². The third kappa shape index (κ3) is 4.64. The van der Waals surface area contributed by atoms with Crippen molar-refractivity contribution >= 4 is 52.5 Å². The Balaban J connectivity index is 1.65. The summed E-state index contributed by atoms with van der Waals surface area (Å²) in [6.45, 7) is 2.86. The van der Waals surface area contributed by atoms with Crippen LogP contribution in [0.15, 0.2) is 40.4 Å². The Morgan fingerprint density at radius 1 is 1.30 bits per heavy atom. The summed E-state index contributed by atoms with van der Waals surface area (Å²) >= 11 is 17.3. The van der Waals surface area contributed by atoms with Gasteiger partial charge in [-0.1, -0.05) is 42.6 Å². The molecule has 1 aliphatic heterocycles. The van der Waals surface area contributed by atoms with E-state index in [4.69, 9.17) is 44.6 Å². The molecule has 27 heavy (non-hydrogen) atoms. The first-order valence-electron chi connectivity index (χ1n) is 8.49. The topological polar surface area (TPSA) is 54.7 Å².